The molecular formula is C13H18ClN3O. The van der Waals surface area contributed by atoms with Crippen LogP contribution in [0.2, 0.25) is 0 Å². The summed E-state index contributed by atoms with van der Waals surface area (Å²) in [6, 6.07) is 4.12. The van der Waals surface area contributed by atoms with Gasteiger partial charge >= 0.3 is 0 Å². The molecule has 0 radical (unpaired) electrons. The second-order valence-corrected chi connectivity index (χ2v) is 5.09. The molecular weight excluding hydrogens is 250 g/mol. The van der Waals surface area contributed by atoms with E-state index in [1.807, 2.05) is 19.1 Å². The molecule has 4 nitrogen and oxygen atoms in total. The van der Waals surface area contributed by atoms with Gasteiger partial charge in [0, 0.05) is 26.0 Å². The molecule has 0 fully saturated rings. The average molecular weight is 268 g/mol. The second kappa shape index (κ2) is 5.67. The van der Waals surface area contributed by atoms with Crippen LogP contribution in [-0.2, 0) is 4.74 Å². The van der Waals surface area contributed by atoms with Crippen molar-refractivity contribution in [3.8, 4) is 0 Å². The summed E-state index contributed by atoms with van der Waals surface area (Å²) in [7, 11) is 1.71. The molecule has 2 heterocycles. The first-order valence-electron chi connectivity index (χ1n) is 6.11. The minimum absolute atomic E-state index is 0.135. The summed E-state index contributed by atoms with van der Waals surface area (Å²) in [6.45, 7) is 4.78. The predicted octanol–water partition coefficient (Wildman–Crippen LogP) is 3.33. The van der Waals surface area contributed by atoms with Crippen LogP contribution in [0.4, 0.5) is 0 Å². The first-order chi connectivity index (χ1) is 8.65. The van der Waals surface area contributed by atoms with Gasteiger partial charge in [0.1, 0.15) is 11.3 Å². The maximum atomic E-state index is 6.22. The molecule has 0 aliphatic carbocycles. The normalized spacial score (nSPS) is 14.9. The Morgan fingerprint density at radius 3 is 2.89 bits per heavy atom. The Hall–Kier alpha value is -1.13. The number of ether oxygens (including phenoxy) is 1. The monoisotopic (exact) mass is 267 g/mol. The third-order valence-corrected chi connectivity index (χ3v) is 3.21. The van der Waals surface area contributed by atoms with Gasteiger partial charge in [0.15, 0.2) is 5.65 Å². The SMILES string of the molecule is COCCC(C)n1c(C(C)Cl)nc2cccnc21. The number of imidazole rings is 1. The first kappa shape index (κ1) is 13.3. The number of rotatable bonds is 5. The molecule has 5 heteroatoms. The van der Waals surface area contributed by atoms with Gasteiger partial charge in [-0.1, -0.05) is 0 Å². The molecule has 2 rings (SSSR count). The maximum absolute atomic E-state index is 6.22. The zero-order valence-corrected chi connectivity index (χ0v) is 11.7. The van der Waals surface area contributed by atoms with Crippen LogP contribution in [0, 0.1) is 0 Å². The Labute approximate surface area is 112 Å². The Morgan fingerprint density at radius 2 is 2.22 bits per heavy atom. The van der Waals surface area contributed by atoms with Crippen LogP contribution in [0.3, 0.4) is 0 Å². The highest BCUT2D eigenvalue weighted by atomic mass is 35.5. The van der Waals surface area contributed by atoms with Gasteiger partial charge in [-0.05, 0) is 32.4 Å². The fourth-order valence-corrected chi connectivity index (χ4v) is 2.23. The number of methoxy groups -OCH3 is 1. The van der Waals surface area contributed by atoms with E-state index in [1.54, 1.807) is 13.3 Å². The molecule has 2 unspecified atom stereocenters. The number of hydrogen-bond acceptors (Lipinski definition) is 3. The van der Waals surface area contributed by atoms with Crippen molar-refractivity contribution in [1.29, 1.82) is 0 Å². The molecule has 2 aromatic rings. The van der Waals surface area contributed by atoms with Crippen LogP contribution in [0.15, 0.2) is 18.3 Å². The van der Waals surface area contributed by atoms with Crippen molar-refractivity contribution in [2.45, 2.75) is 31.7 Å². The second-order valence-electron chi connectivity index (χ2n) is 4.43. The van der Waals surface area contributed by atoms with E-state index in [1.165, 1.54) is 0 Å². The van der Waals surface area contributed by atoms with Crippen LogP contribution < -0.4 is 0 Å². The van der Waals surface area contributed by atoms with Gasteiger partial charge in [-0.2, -0.15) is 0 Å². The Morgan fingerprint density at radius 1 is 1.44 bits per heavy atom. The summed E-state index contributed by atoms with van der Waals surface area (Å²) >= 11 is 6.22. The van der Waals surface area contributed by atoms with Crippen LogP contribution >= 0.6 is 11.6 Å². The number of pyridine rings is 1. The lowest BCUT2D eigenvalue weighted by Crippen LogP contribution is -2.12. The highest BCUT2D eigenvalue weighted by Gasteiger charge is 2.19. The number of halogens is 1. The lowest BCUT2D eigenvalue weighted by Gasteiger charge is -2.17. The van der Waals surface area contributed by atoms with Gasteiger partial charge < -0.3 is 9.30 Å². The summed E-state index contributed by atoms with van der Waals surface area (Å²) in [5, 5.41) is -0.135. The van der Waals surface area contributed by atoms with Crippen molar-refractivity contribution in [3.63, 3.8) is 0 Å². The van der Waals surface area contributed by atoms with Crippen molar-refractivity contribution >= 4 is 22.8 Å². The number of fused-ring (bicyclic) bond motifs is 1. The van der Waals surface area contributed by atoms with E-state index in [2.05, 4.69) is 21.5 Å². The average Bonchev–Trinajstić information content (AvgIpc) is 2.75. The number of nitrogens with zero attached hydrogens (tertiary/aromatic N) is 3. The fourth-order valence-electron chi connectivity index (χ4n) is 2.08. The van der Waals surface area contributed by atoms with E-state index in [0.29, 0.717) is 6.61 Å². The van der Waals surface area contributed by atoms with E-state index >= 15 is 0 Å². The third-order valence-electron chi connectivity index (χ3n) is 3.01. The van der Waals surface area contributed by atoms with E-state index < -0.39 is 0 Å². The van der Waals surface area contributed by atoms with Crippen molar-refractivity contribution < 1.29 is 4.74 Å². The Kier molecular flexibility index (Phi) is 4.19. The zero-order valence-electron chi connectivity index (χ0n) is 10.9. The standard InChI is InChI=1S/C13H18ClN3O/c1-9(6-8-18-3)17-12(10(2)14)16-11-5-4-7-15-13(11)17/h4-5,7,9-10H,6,8H2,1-3H3. The Bertz CT molecular complexity index is 524. The van der Waals surface area contributed by atoms with Gasteiger partial charge in [-0.3, -0.25) is 0 Å². The first-order valence-corrected chi connectivity index (χ1v) is 6.54. The minimum Gasteiger partial charge on any atom is -0.385 e. The zero-order chi connectivity index (χ0) is 13.1. The molecule has 0 aliphatic rings. The summed E-state index contributed by atoms with van der Waals surface area (Å²) in [5.41, 5.74) is 1.79. The molecule has 0 spiro atoms. The smallest absolute Gasteiger partial charge is 0.160 e. The molecule has 2 atom stereocenters. The van der Waals surface area contributed by atoms with Gasteiger partial charge in [0.25, 0.3) is 0 Å². The van der Waals surface area contributed by atoms with Crippen LogP contribution in [0.5, 0.6) is 0 Å². The van der Waals surface area contributed by atoms with Crippen molar-refractivity contribution in [1.82, 2.24) is 14.5 Å². The molecule has 0 bridgehead atoms. The fraction of sp³-hybridized carbons (Fsp3) is 0.538. The van der Waals surface area contributed by atoms with Crippen LogP contribution in [0.25, 0.3) is 11.2 Å². The molecule has 0 saturated heterocycles. The molecule has 98 valence electrons. The van der Waals surface area contributed by atoms with Gasteiger partial charge in [0.05, 0.1) is 5.38 Å². The van der Waals surface area contributed by atoms with E-state index in [4.69, 9.17) is 16.3 Å². The molecule has 2 aromatic heterocycles. The third kappa shape index (κ3) is 2.49. The van der Waals surface area contributed by atoms with Crippen LogP contribution in [0.1, 0.15) is 37.5 Å². The van der Waals surface area contributed by atoms with E-state index in [-0.39, 0.29) is 11.4 Å². The molecule has 0 aliphatic heterocycles. The van der Waals surface area contributed by atoms with Gasteiger partial charge in [0.2, 0.25) is 0 Å². The van der Waals surface area contributed by atoms with Crippen LogP contribution in [-0.4, -0.2) is 28.3 Å². The number of hydrogen-bond donors (Lipinski definition) is 0. The lowest BCUT2D eigenvalue weighted by atomic mass is 10.2. The Balaban J connectivity index is 2.47. The topological polar surface area (TPSA) is 39.9 Å². The van der Waals surface area contributed by atoms with E-state index in [0.717, 1.165) is 23.4 Å². The van der Waals surface area contributed by atoms with E-state index in [9.17, 15) is 0 Å². The highest BCUT2D eigenvalue weighted by molar-refractivity contribution is 6.20. The number of alkyl halides is 1. The minimum atomic E-state index is -0.135. The molecule has 0 saturated carbocycles. The van der Waals surface area contributed by atoms with Gasteiger partial charge in [-0.15, -0.1) is 11.6 Å². The largest absolute Gasteiger partial charge is 0.385 e. The van der Waals surface area contributed by atoms with Crippen molar-refractivity contribution in [2.75, 3.05) is 13.7 Å². The summed E-state index contributed by atoms with van der Waals surface area (Å²) < 4.78 is 7.25. The summed E-state index contributed by atoms with van der Waals surface area (Å²) in [4.78, 5) is 8.98. The quantitative estimate of drug-likeness (QED) is 0.780. The summed E-state index contributed by atoms with van der Waals surface area (Å²) in [5.74, 6) is 0.869. The highest BCUT2D eigenvalue weighted by Crippen LogP contribution is 2.27. The predicted molar refractivity (Wildman–Crippen MR) is 73.0 cm³/mol. The maximum Gasteiger partial charge on any atom is 0.160 e. The molecule has 0 N–H and O–H groups in total. The summed E-state index contributed by atoms with van der Waals surface area (Å²) in [6.07, 6.45) is 2.70. The molecule has 18 heavy (non-hydrogen) atoms. The molecule has 0 amide bonds. The lowest BCUT2D eigenvalue weighted by molar-refractivity contribution is 0.181. The molecule has 0 aromatic carbocycles. The van der Waals surface area contributed by atoms with Crippen molar-refractivity contribution in [3.05, 3.63) is 24.2 Å². The number of aromatic nitrogens is 3. The van der Waals surface area contributed by atoms with Crippen molar-refractivity contribution in [2.24, 2.45) is 0 Å². The van der Waals surface area contributed by atoms with Gasteiger partial charge in [-0.25, -0.2) is 9.97 Å².